The minimum Gasteiger partial charge on any atom is -0.305 e. The van der Waals surface area contributed by atoms with Crippen molar-refractivity contribution in [2.75, 3.05) is 0 Å². The molecule has 0 bridgehead atoms. The summed E-state index contributed by atoms with van der Waals surface area (Å²) in [6.07, 6.45) is 1.62. The van der Waals surface area contributed by atoms with Crippen molar-refractivity contribution in [3.8, 4) is 10.4 Å². The van der Waals surface area contributed by atoms with Gasteiger partial charge in [-0.25, -0.2) is 9.78 Å². The largest absolute Gasteiger partial charge is 0.345 e. The Morgan fingerprint density at radius 3 is 2.81 bits per heavy atom. The van der Waals surface area contributed by atoms with Crippen LogP contribution in [0.3, 0.4) is 0 Å². The first-order valence-corrected chi connectivity index (χ1v) is 5.69. The summed E-state index contributed by atoms with van der Waals surface area (Å²) in [5.74, 6) is 0. The highest BCUT2D eigenvalue weighted by Gasteiger charge is 2.04. The van der Waals surface area contributed by atoms with Crippen LogP contribution in [0.4, 0.5) is 0 Å². The molecule has 0 aliphatic rings. The quantitative estimate of drug-likeness (QED) is 0.696. The van der Waals surface area contributed by atoms with E-state index in [1.54, 1.807) is 17.5 Å². The maximum Gasteiger partial charge on any atom is 0.345 e. The van der Waals surface area contributed by atoms with Crippen molar-refractivity contribution in [2.24, 2.45) is 0 Å². The van der Waals surface area contributed by atoms with Gasteiger partial charge in [0.25, 0.3) is 0 Å². The lowest BCUT2D eigenvalue weighted by Gasteiger charge is -1.93. The molecule has 2 heterocycles. The van der Waals surface area contributed by atoms with Crippen LogP contribution in [-0.4, -0.2) is 9.97 Å². The number of fused-ring (bicyclic) bond motifs is 1. The van der Waals surface area contributed by atoms with Gasteiger partial charge in [0.15, 0.2) is 0 Å². The van der Waals surface area contributed by atoms with E-state index in [0.717, 1.165) is 20.7 Å². The van der Waals surface area contributed by atoms with Gasteiger partial charge in [-0.1, -0.05) is 30.3 Å². The summed E-state index contributed by atoms with van der Waals surface area (Å²) >= 11 is 1.63. The summed E-state index contributed by atoms with van der Waals surface area (Å²) in [5.41, 5.74) is 1.71. The normalized spacial score (nSPS) is 10.8. The summed E-state index contributed by atoms with van der Waals surface area (Å²) in [6.45, 7) is 0. The first kappa shape index (κ1) is 9.30. The second kappa shape index (κ2) is 3.57. The van der Waals surface area contributed by atoms with Crippen molar-refractivity contribution in [1.29, 1.82) is 0 Å². The standard InChI is InChI=1S/C12H8N2OS/c15-12-13-7-11-9(14-12)6-10(16-11)8-4-2-1-3-5-8/h1-7H,(H,13,14,15). The second-order valence-corrected chi connectivity index (χ2v) is 4.53. The van der Waals surface area contributed by atoms with E-state index in [1.165, 1.54) is 0 Å². The molecule has 0 saturated carbocycles. The van der Waals surface area contributed by atoms with Gasteiger partial charge in [0.2, 0.25) is 0 Å². The zero-order chi connectivity index (χ0) is 11.0. The Kier molecular flexibility index (Phi) is 2.08. The lowest BCUT2D eigenvalue weighted by Crippen LogP contribution is -2.07. The number of thiophene rings is 1. The van der Waals surface area contributed by atoms with Gasteiger partial charge in [-0.05, 0) is 11.6 Å². The van der Waals surface area contributed by atoms with Crippen LogP contribution in [-0.2, 0) is 0 Å². The lowest BCUT2D eigenvalue weighted by molar-refractivity contribution is 1.13. The summed E-state index contributed by atoms with van der Waals surface area (Å²) in [6, 6.07) is 12.1. The molecule has 2 aromatic heterocycles. The Labute approximate surface area is 95.4 Å². The summed E-state index contributed by atoms with van der Waals surface area (Å²) in [4.78, 5) is 18.6. The van der Waals surface area contributed by atoms with Gasteiger partial charge in [0, 0.05) is 4.88 Å². The van der Waals surface area contributed by atoms with Crippen LogP contribution in [0, 0.1) is 0 Å². The minimum absolute atomic E-state index is 0.301. The van der Waals surface area contributed by atoms with E-state index in [1.807, 2.05) is 24.3 Å². The van der Waals surface area contributed by atoms with Crippen LogP contribution in [0.1, 0.15) is 0 Å². The molecule has 0 unspecified atom stereocenters. The topological polar surface area (TPSA) is 45.8 Å². The van der Waals surface area contributed by atoms with Gasteiger partial charge >= 0.3 is 5.69 Å². The Balaban J connectivity index is 2.23. The van der Waals surface area contributed by atoms with E-state index in [4.69, 9.17) is 0 Å². The van der Waals surface area contributed by atoms with Crippen molar-refractivity contribution in [1.82, 2.24) is 9.97 Å². The van der Waals surface area contributed by atoms with Crippen LogP contribution in [0.5, 0.6) is 0 Å². The number of nitrogens with one attached hydrogen (secondary N) is 1. The fraction of sp³-hybridized carbons (Fsp3) is 0. The fourth-order valence-corrected chi connectivity index (χ4v) is 2.60. The predicted molar refractivity (Wildman–Crippen MR) is 65.7 cm³/mol. The summed E-state index contributed by atoms with van der Waals surface area (Å²) in [5, 5.41) is 0. The minimum atomic E-state index is -0.301. The van der Waals surface area contributed by atoms with Gasteiger partial charge in [0.05, 0.1) is 16.4 Å². The molecule has 4 heteroatoms. The first-order valence-electron chi connectivity index (χ1n) is 4.87. The van der Waals surface area contributed by atoms with Crippen LogP contribution in [0.25, 0.3) is 20.7 Å². The molecular formula is C12H8N2OS. The highest BCUT2D eigenvalue weighted by molar-refractivity contribution is 7.22. The molecule has 78 valence electrons. The third-order valence-electron chi connectivity index (χ3n) is 2.36. The molecule has 0 atom stereocenters. The Hall–Kier alpha value is -1.94. The van der Waals surface area contributed by atoms with Gasteiger partial charge in [-0.15, -0.1) is 11.3 Å². The van der Waals surface area contributed by atoms with E-state index >= 15 is 0 Å². The molecule has 0 fully saturated rings. The van der Waals surface area contributed by atoms with Crippen molar-refractivity contribution in [3.63, 3.8) is 0 Å². The maximum absolute atomic E-state index is 11.1. The third-order valence-corrected chi connectivity index (χ3v) is 3.48. The number of aromatic amines is 1. The van der Waals surface area contributed by atoms with Gasteiger partial charge in [-0.3, -0.25) is 0 Å². The Bertz CT molecular complexity index is 685. The van der Waals surface area contributed by atoms with Crippen LogP contribution in [0.2, 0.25) is 0 Å². The second-order valence-electron chi connectivity index (χ2n) is 3.44. The molecule has 0 spiro atoms. The number of H-pyrrole nitrogens is 1. The molecule has 0 radical (unpaired) electrons. The number of nitrogens with zero attached hydrogens (tertiary/aromatic N) is 1. The summed E-state index contributed by atoms with van der Waals surface area (Å²) < 4.78 is 0.999. The number of hydrogen-bond acceptors (Lipinski definition) is 3. The highest BCUT2D eigenvalue weighted by Crippen LogP contribution is 2.31. The molecule has 0 amide bonds. The van der Waals surface area contributed by atoms with E-state index < -0.39 is 0 Å². The van der Waals surface area contributed by atoms with Crippen LogP contribution < -0.4 is 5.69 Å². The zero-order valence-corrected chi connectivity index (χ0v) is 9.12. The Morgan fingerprint density at radius 2 is 2.00 bits per heavy atom. The molecule has 0 saturated heterocycles. The molecule has 1 aromatic carbocycles. The molecule has 1 N–H and O–H groups in total. The van der Waals surface area contributed by atoms with Crippen LogP contribution in [0.15, 0.2) is 47.4 Å². The Morgan fingerprint density at radius 1 is 1.19 bits per heavy atom. The van der Waals surface area contributed by atoms with Gasteiger partial charge < -0.3 is 4.98 Å². The zero-order valence-electron chi connectivity index (χ0n) is 8.31. The monoisotopic (exact) mass is 228 g/mol. The maximum atomic E-state index is 11.1. The average Bonchev–Trinajstić information content (AvgIpc) is 2.73. The van der Waals surface area contributed by atoms with E-state index in [-0.39, 0.29) is 5.69 Å². The van der Waals surface area contributed by atoms with Gasteiger partial charge in [0.1, 0.15) is 0 Å². The molecule has 3 nitrogen and oxygen atoms in total. The molecule has 0 aliphatic carbocycles. The number of aromatic nitrogens is 2. The smallest absolute Gasteiger partial charge is 0.305 e. The van der Waals surface area contributed by atoms with Crippen molar-refractivity contribution >= 4 is 21.6 Å². The highest BCUT2D eigenvalue weighted by atomic mass is 32.1. The third kappa shape index (κ3) is 1.53. The van der Waals surface area contributed by atoms with Gasteiger partial charge in [-0.2, -0.15) is 0 Å². The van der Waals surface area contributed by atoms with Crippen molar-refractivity contribution in [3.05, 3.63) is 53.1 Å². The van der Waals surface area contributed by atoms with Crippen molar-refractivity contribution < 1.29 is 0 Å². The SMILES string of the molecule is O=c1ncc2sc(-c3ccccc3)cc2[nH]1. The molecule has 16 heavy (non-hydrogen) atoms. The molecule has 0 aliphatic heterocycles. The molecule has 3 rings (SSSR count). The predicted octanol–water partition coefficient (Wildman–Crippen LogP) is 2.65. The van der Waals surface area contributed by atoms with E-state index in [2.05, 4.69) is 22.1 Å². The van der Waals surface area contributed by atoms with Crippen LogP contribution >= 0.6 is 11.3 Å². The fourth-order valence-electron chi connectivity index (χ4n) is 1.61. The molecule has 3 aromatic rings. The van der Waals surface area contributed by atoms with E-state index in [0.29, 0.717) is 0 Å². The number of hydrogen-bond donors (Lipinski definition) is 1. The summed E-state index contributed by atoms with van der Waals surface area (Å²) in [7, 11) is 0. The lowest BCUT2D eigenvalue weighted by atomic mass is 10.2. The number of benzene rings is 1. The first-order chi connectivity index (χ1) is 7.83. The van der Waals surface area contributed by atoms with Crippen molar-refractivity contribution in [2.45, 2.75) is 0 Å². The average molecular weight is 228 g/mol. The molecular weight excluding hydrogens is 220 g/mol. The van der Waals surface area contributed by atoms with E-state index in [9.17, 15) is 4.79 Å². The number of rotatable bonds is 1.